The topological polar surface area (TPSA) is 65.1 Å². The van der Waals surface area contributed by atoms with Crippen molar-refractivity contribution in [3.63, 3.8) is 0 Å². The number of nitrogens with zero attached hydrogens (tertiary/aromatic N) is 1. The highest BCUT2D eigenvalue weighted by atomic mass is 16.5. The number of hydrogen-bond acceptors (Lipinski definition) is 5. The first-order valence-corrected chi connectivity index (χ1v) is 8.58. The van der Waals surface area contributed by atoms with E-state index in [9.17, 15) is 9.59 Å². The van der Waals surface area contributed by atoms with E-state index in [1.807, 2.05) is 45.0 Å². The molecule has 0 unspecified atom stereocenters. The number of carbonyl (C=O) groups is 2. The Hall–Kier alpha value is -2.08. The van der Waals surface area contributed by atoms with Crippen LogP contribution in [0.4, 0.5) is 0 Å². The Kier molecular flexibility index (Phi) is 9.62. The summed E-state index contributed by atoms with van der Waals surface area (Å²) in [5.74, 6) is 0.153. The largest absolute Gasteiger partial charge is 0.484 e. The molecule has 0 aromatic heterocycles. The Balaban J connectivity index is 2.50. The van der Waals surface area contributed by atoms with E-state index in [2.05, 4.69) is 4.74 Å². The van der Waals surface area contributed by atoms with Crippen molar-refractivity contribution in [2.24, 2.45) is 0 Å². The highest BCUT2D eigenvalue weighted by Crippen LogP contribution is 2.11. The van der Waals surface area contributed by atoms with Crippen LogP contribution in [0.15, 0.2) is 24.3 Å². The van der Waals surface area contributed by atoms with Gasteiger partial charge in [0, 0.05) is 19.7 Å². The third-order valence-corrected chi connectivity index (χ3v) is 3.57. The van der Waals surface area contributed by atoms with Gasteiger partial charge in [0.25, 0.3) is 5.91 Å². The fourth-order valence-corrected chi connectivity index (χ4v) is 2.13. The number of methoxy groups -OCH3 is 1. The van der Waals surface area contributed by atoms with Gasteiger partial charge in [0.2, 0.25) is 0 Å². The molecule has 0 aliphatic heterocycles. The SMILES string of the molecule is COC(=O)CCN(CCCOC(C)C)C(=O)COc1ccc(C)cc1. The lowest BCUT2D eigenvalue weighted by Crippen LogP contribution is -2.37. The zero-order valence-electron chi connectivity index (χ0n) is 15.6. The lowest BCUT2D eigenvalue weighted by atomic mass is 10.2. The fraction of sp³-hybridized carbons (Fsp3) is 0.579. The smallest absolute Gasteiger partial charge is 0.307 e. The quantitative estimate of drug-likeness (QED) is 0.453. The number of aryl methyl sites for hydroxylation is 1. The van der Waals surface area contributed by atoms with Crippen LogP contribution >= 0.6 is 0 Å². The lowest BCUT2D eigenvalue weighted by Gasteiger charge is -2.22. The summed E-state index contributed by atoms with van der Waals surface area (Å²) in [5, 5.41) is 0. The van der Waals surface area contributed by atoms with Crippen LogP contribution < -0.4 is 4.74 Å². The van der Waals surface area contributed by atoms with E-state index in [1.165, 1.54) is 7.11 Å². The lowest BCUT2D eigenvalue weighted by molar-refractivity contribution is -0.142. The minimum absolute atomic E-state index is 0.0602. The minimum atomic E-state index is -0.337. The summed E-state index contributed by atoms with van der Waals surface area (Å²) in [6.45, 7) is 7.26. The second-order valence-corrected chi connectivity index (χ2v) is 6.08. The molecule has 1 rings (SSSR count). The maximum atomic E-state index is 12.4. The highest BCUT2D eigenvalue weighted by Gasteiger charge is 2.16. The maximum Gasteiger partial charge on any atom is 0.307 e. The van der Waals surface area contributed by atoms with Gasteiger partial charge in [-0.2, -0.15) is 0 Å². The number of ether oxygens (including phenoxy) is 3. The van der Waals surface area contributed by atoms with Gasteiger partial charge in [0.05, 0.1) is 19.6 Å². The standard InChI is InChI=1S/C19H29NO5/c1-15(2)24-13-5-11-20(12-10-19(22)23-4)18(21)14-25-17-8-6-16(3)7-9-17/h6-9,15H,5,10-14H2,1-4H3. The van der Waals surface area contributed by atoms with Crippen molar-refractivity contribution in [2.45, 2.75) is 39.7 Å². The third-order valence-electron chi connectivity index (χ3n) is 3.57. The first-order valence-electron chi connectivity index (χ1n) is 8.58. The zero-order valence-corrected chi connectivity index (χ0v) is 15.6. The van der Waals surface area contributed by atoms with Gasteiger partial charge >= 0.3 is 5.97 Å². The second-order valence-electron chi connectivity index (χ2n) is 6.08. The first kappa shape index (κ1) is 21.0. The molecule has 1 amide bonds. The molecule has 140 valence electrons. The van der Waals surface area contributed by atoms with Gasteiger partial charge in [-0.1, -0.05) is 17.7 Å². The van der Waals surface area contributed by atoms with Crippen LogP contribution in [0.25, 0.3) is 0 Å². The van der Waals surface area contributed by atoms with Crippen molar-refractivity contribution in [1.29, 1.82) is 0 Å². The van der Waals surface area contributed by atoms with E-state index in [-0.39, 0.29) is 31.0 Å². The molecule has 0 bridgehead atoms. The number of benzene rings is 1. The average molecular weight is 351 g/mol. The molecule has 0 aliphatic carbocycles. The number of hydrogen-bond donors (Lipinski definition) is 0. The molecule has 0 radical (unpaired) electrons. The maximum absolute atomic E-state index is 12.4. The van der Waals surface area contributed by atoms with Crippen LogP contribution in [0, 0.1) is 6.92 Å². The number of amides is 1. The molecule has 0 spiro atoms. The predicted molar refractivity (Wildman–Crippen MR) is 95.6 cm³/mol. The summed E-state index contributed by atoms with van der Waals surface area (Å²) < 4.78 is 15.7. The van der Waals surface area contributed by atoms with Gasteiger partial charge in [-0.05, 0) is 39.3 Å². The van der Waals surface area contributed by atoms with Gasteiger partial charge in [0.15, 0.2) is 6.61 Å². The van der Waals surface area contributed by atoms with Crippen LogP contribution in [0.1, 0.15) is 32.3 Å². The number of rotatable bonds is 11. The summed E-state index contributed by atoms with van der Waals surface area (Å²) in [6, 6.07) is 7.52. The van der Waals surface area contributed by atoms with E-state index in [0.717, 1.165) is 5.56 Å². The molecular weight excluding hydrogens is 322 g/mol. The number of carbonyl (C=O) groups excluding carboxylic acids is 2. The summed E-state index contributed by atoms with van der Waals surface area (Å²) in [5.41, 5.74) is 1.13. The molecule has 0 fully saturated rings. The van der Waals surface area contributed by atoms with Crippen LogP contribution in [0.3, 0.4) is 0 Å². The molecule has 1 aromatic carbocycles. The van der Waals surface area contributed by atoms with E-state index >= 15 is 0 Å². The van der Waals surface area contributed by atoms with Crippen LogP contribution in [-0.2, 0) is 19.1 Å². The van der Waals surface area contributed by atoms with Crippen molar-refractivity contribution in [1.82, 2.24) is 4.90 Å². The van der Waals surface area contributed by atoms with Crippen LogP contribution in [0.2, 0.25) is 0 Å². The van der Waals surface area contributed by atoms with E-state index < -0.39 is 0 Å². The minimum Gasteiger partial charge on any atom is -0.484 e. The Morgan fingerprint density at radius 2 is 1.80 bits per heavy atom. The average Bonchev–Trinajstić information content (AvgIpc) is 2.59. The summed E-state index contributed by atoms with van der Waals surface area (Å²) in [7, 11) is 1.34. The molecule has 0 N–H and O–H groups in total. The van der Waals surface area contributed by atoms with Gasteiger partial charge in [-0.25, -0.2) is 0 Å². The summed E-state index contributed by atoms with van der Waals surface area (Å²) in [6.07, 6.45) is 1.03. The highest BCUT2D eigenvalue weighted by molar-refractivity contribution is 5.78. The molecule has 6 nitrogen and oxygen atoms in total. The molecule has 1 aromatic rings. The van der Waals surface area contributed by atoms with Gasteiger partial charge in [-0.15, -0.1) is 0 Å². The molecule has 0 saturated carbocycles. The van der Waals surface area contributed by atoms with Gasteiger partial charge < -0.3 is 19.1 Å². The first-order chi connectivity index (χ1) is 11.9. The molecule has 6 heteroatoms. The Labute approximate surface area is 150 Å². The van der Waals surface area contributed by atoms with E-state index in [4.69, 9.17) is 9.47 Å². The predicted octanol–water partition coefficient (Wildman–Crippen LogP) is 2.58. The zero-order chi connectivity index (χ0) is 18.7. The van der Waals surface area contributed by atoms with Crippen molar-refractivity contribution in [3.05, 3.63) is 29.8 Å². The number of esters is 1. The Bertz CT molecular complexity index is 527. The van der Waals surface area contributed by atoms with Crippen LogP contribution in [0.5, 0.6) is 5.75 Å². The third kappa shape index (κ3) is 9.10. The molecular formula is C19H29NO5. The molecule has 25 heavy (non-hydrogen) atoms. The van der Waals surface area contributed by atoms with Crippen molar-refractivity contribution >= 4 is 11.9 Å². The van der Waals surface area contributed by atoms with Gasteiger partial charge in [-0.3, -0.25) is 9.59 Å². The van der Waals surface area contributed by atoms with Crippen molar-refractivity contribution in [2.75, 3.05) is 33.4 Å². The molecule has 0 saturated heterocycles. The summed E-state index contributed by atoms with van der Waals surface area (Å²) >= 11 is 0. The molecule has 0 atom stereocenters. The Morgan fingerprint density at radius 1 is 1.12 bits per heavy atom. The monoisotopic (exact) mass is 351 g/mol. The van der Waals surface area contributed by atoms with E-state index in [1.54, 1.807) is 4.90 Å². The Morgan fingerprint density at radius 3 is 2.40 bits per heavy atom. The van der Waals surface area contributed by atoms with Crippen molar-refractivity contribution < 1.29 is 23.8 Å². The van der Waals surface area contributed by atoms with Gasteiger partial charge in [0.1, 0.15) is 5.75 Å². The van der Waals surface area contributed by atoms with Crippen molar-refractivity contribution in [3.8, 4) is 5.75 Å². The molecule has 0 aliphatic rings. The molecule has 0 heterocycles. The second kappa shape index (κ2) is 11.5. The fourth-order valence-electron chi connectivity index (χ4n) is 2.13. The normalized spacial score (nSPS) is 10.6. The summed E-state index contributed by atoms with van der Waals surface area (Å²) in [4.78, 5) is 25.4. The van der Waals surface area contributed by atoms with Crippen LogP contribution in [-0.4, -0.2) is 56.3 Å². The van der Waals surface area contributed by atoms with E-state index in [0.29, 0.717) is 31.9 Å².